The highest BCUT2D eigenvalue weighted by Gasteiger charge is 2.62. The fraction of sp³-hybridized carbons (Fsp3) is 0.962. The van der Waals surface area contributed by atoms with Crippen LogP contribution in [0, 0.1) is 52.3 Å². The number of hydrogen-bond donors (Lipinski definition) is 2. The lowest BCUT2D eigenvalue weighted by Crippen LogP contribution is -2.56. The van der Waals surface area contributed by atoms with E-state index in [1.807, 2.05) is 0 Å². The van der Waals surface area contributed by atoms with Gasteiger partial charge in [0.15, 0.2) is 0 Å². The van der Waals surface area contributed by atoms with Crippen molar-refractivity contribution >= 4 is 6.09 Å². The van der Waals surface area contributed by atoms with Gasteiger partial charge in [-0.2, -0.15) is 0 Å². The van der Waals surface area contributed by atoms with Crippen LogP contribution in [0.2, 0.25) is 0 Å². The molecule has 30 heavy (non-hydrogen) atoms. The Labute approximate surface area is 183 Å². The van der Waals surface area contributed by atoms with Crippen LogP contribution in [-0.4, -0.2) is 23.9 Å². The first-order valence-electron chi connectivity index (χ1n) is 12.8. The molecule has 0 radical (unpaired) electrons. The number of carbonyl (C=O) groups is 1. The molecule has 4 nitrogen and oxygen atoms in total. The van der Waals surface area contributed by atoms with Crippen LogP contribution in [0.15, 0.2) is 0 Å². The third kappa shape index (κ3) is 3.59. The number of carbonyl (C=O) groups excluding carboxylic acids is 1. The van der Waals surface area contributed by atoms with Crippen LogP contribution in [0.4, 0.5) is 4.79 Å². The maximum Gasteiger partial charge on any atom is 0.404 e. The van der Waals surface area contributed by atoms with E-state index in [0.29, 0.717) is 23.4 Å². The summed E-state index contributed by atoms with van der Waals surface area (Å²) in [5.41, 5.74) is 6.03. The molecule has 4 aliphatic rings. The fourth-order valence-electron chi connectivity index (χ4n) is 9.46. The predicted octanol–water partition coefficient (Wildman–Crippen LogP) is 5.76. The molecule has 4 fully saturated rings. The average Bonchev–Trinajstić information content (AvgIpc) is 3.05. The molecule has 0 aromatic rings. The molecule has 4 heteroatoms. The van der Waals surface area contributed by atoms with Crippen molar-refractivity contribution in [1.82, 2.24) is 0 Å². The molecule has 0 aromatic heterocycles. The Hall–Kier alpha value is -0.770. The number of fused-ring (bicyclic) bond motifs is 5. The van der Waals surface area contributed by atoms with E-state index in [0.717, 1.165) is 54.8 Å². The second-order valence-corrected chi connectivity index (χ2v) is 12.0. The number of aliphatic hydroxyl groups excluding tert-OH is 1. The standard InChI is InChI=1S/C26H45NO3/c1-5-17-14-19-21-7-6-20(16(2)10-13-30-24(27)29)25(21,3)12-9-22(19)26(4)11-8-18(28)15-23(17)26/h16-23,28H,5-15H2,1-4H3,(H2,27,29)/t16-,17+,18-,19?,20-,21+,22+,23?,25?,26+/m1/s1. The maximum absolute atomic E-state index is 11.0. The molecule has 0 saturated heterocycles. The molecule has 3 N–H and O–H groups in total. The van der Waals surface area contributed by atoms with Gasteiger partial charge in [0.2, 0.25) is 0 Å². The van der Waals surface area contributed by atoms with Crippen LogP contribution >= 0.6 is 0 Å². The molecular weight excluding hydrogens is 374 g/mol. The number of ether oxygens (including phenoxy) is 1. The lowest BCUT2D eigenvalue weighted by atomic mass is 9.42. The van der Waals surface area contributed by atoms with E-state index in [-0.39, 0.29) is 6.10 Å². The third-order valence-electron chi connectivity index (χ3n) is 10.9. The quantitative estimate of drug-likeness (QED) is 0.594. The minimum absolute atomic E-state index is 0.0677. The van der Waals surface area contributed by atoms with Crippen LogP contribution in [-0.2, 0) is 4.74 Å². The smallest absolute Gasteiger partial charge is 0.404 e. The number of nitrogens with two attached hydrogens (primary N) is 1. The first-order chi connectivity index (χ1) is 14.2. The lowest BCUT2D eigenvalue weighted by Gasteiger charge is -2.63. The van der Waals surface area contributed by atoms with Gasteiger partial charge in [0.1, 0.15) is 0 Å². The monoisotopic (exact) mass is 419 g/mol. The summed E-state index contributed by atoms with van der Waals surface area (Å²) in [5.74, 6) is 5.38. The van der Waals surface area contributed by atoms with Crippen molar-refractivity contribution in [3.05, 3.63) is 0 Å². The zero-order chi connectivity index (χ0) is 21.7. The van der Waals surface area contributed by atoms with Crippen LogP contribution < -0.4 is 5.73 Å². The molecule has 3 unspecified atom stereocenters. The molecule has 0 heterocycles. The molecule has 0 spiro atoms. The minimum atomic E-state index is -0.647. The summed E-state index contributed by atoms with van der Waals surface area (Å²) in [7, 11) is 0. The zero-order valence-electron chi connectivity index (χ0n) is 19.7. The summed E-state index contributed by atoms with van der Waals surface area (Å²) in [6, 6.07) is 0. The van der Waals surface area contributed by atoms with Gasteiger partial charge < -0.3 is 15.6 Å². The topological polar surface area (TPSA) is 72.5 Å². The second kappa shape index (κ2) is 8.30. The van der Waals surface area contributed by atoms with Crippen molar-refractivity contribution in [1.29, 1.82) is 0 Å². The van der Waals surface area contributed by atoms with E-state index in [1.54, 1.807) is 0 Å². The van der Waals surface area contributed by atoms with E-state index < -0.39 is 6.09 Å². The van der Waals surface area contributed by atoms with E-state index in [2.05, 4.69) is 27.7 Å². The summed E-state index contributed by atoms with van der Waals surface area (Å²) in [6.07, 6.45) is 11.6. The molecule has 0 aromatic carbocycles. The summed E-state index contributed by atoms with van der Waals surface area (Å²) in [4.78, 5) is 11.0. The Balaban J connectivity index is 1.52. The molecular formula is C26H45NO3. The van der Waals surface area contributed by atoms with Gasteiger partial charge in [-0.3, -0.25) is 0 Å². The molecule has 10 atom stereocenters. The van der Waals surface area contributed by atoms with Crippen molar-refractivity contribution in [2.45, 2.75) is 98.0 Å². The number of primary amides is 1. The Morgan fingerprint density at radius 1 is 1.07 bits per heavy atom. The first-order valence-corrected chi connectivity index (χ1v) is 12.8. The van der Waals surface area contributed by atoms with Gasteiger partial charge in [-0.25, -0.2) is 4.79 Å². The van der Waals surface area contributed by atoms with E-state index in [9.17, 15) is 9.90 Å². The van der Waals surface area contributed by atoms with Gasteiger partial charge in [0.25, 0.3) is 0 Å². The van der Waals surface area contributed by atoms with Crippen molar-refractivity contribution in [2.24, 2.45) is 58.0 Å². The summed E-state index contributed by atoms with van der Waals surface area (Å²) in [6.45, 7) is 10.4. The molecule has 4 rings (SSSR count). The van der Waals surface area contributed by atoms with Crippen molar-refractivity contribution in [3.8, 4) is 0 Å². The van der Waals surface area contributed by atoms with Crippen molar-refractivity contribution < 1.29 is 14.6 Å². The Morgan fingerprint density at radius 3 is 2.47 bits per heavy atom. The Bertz CT molecular complexity index is 638. The fourth-order valence-corrected chi connectivity index (χ4v) is 9.46. The van der Waals surface area contributed by atoms with Crippen molar-refractivity contribution in [2.75, 3.05) is 6.61 Å². The number of amides is 1. The number of aliphatic hydroxyl groups is 1. The highest BCUT2D eigenvalue weighted by atomic mass is 16.5. The Morgan fingerprint density at radius 2 is 1.77 bits per heavy atom. The van der Waals surface area contributed by atoms with Gasteiger partial charge in [0.05, 0.1) is 12.7 Å². The summed E-state index contributed by atoms with van der Waals surface area (Å²) >= 11 is 0. The average molecular weight is 420 g/mol. The SMILES string of the molecule is CC[C@H]1CC2[C@@H]3CC[C@H]([C@H](C)CCOC(N)=O)C3(C)CC[C@@H]2[C@]2(C)CC[C@@H](O)CC12. The molecule has 4 saturated carbocycles. The van der Waals surface area contributed by atoms with Crippen LogP contribution in [0.1, 0.15) is 91.9 Å². The molecule has 4 aliphatic carbocycles. The summed E-state index contributed by atoms with van der Waals surface area (Å²) < 4.78 is 5.06. The first kappa shape index (κ1) is 22.4. The van der Waals surface area contributed by atoms with E-state index in [4.69, 9.17) is 10.5 Å². The highest BCUT2D eigenvalue weighted by Crippen LogP contribution is 2.69. The maximum atomic E-state index is 11.0. The van der Waals surface area contributed by atoms with Crippen molar-refractivity contribution in [3.63, 3.8) is 0 Å². The van der Waals surface area contributed by atoms with Gasteiger partial charge in [0, 0.05) is 0 Å². The van der Waals surface area contributed by atoms with Crippen LogP contribution in [0.25, 0.3) is 0 Å². The summed E-state index contributed by atoms with van der Waals surface area (Å²) in [5, 5.41) is 10.4. The van der Waals surface area contributed by atoms with Gasteiger partial charge >= 0.3 is 6.09 Å². The Kier molecular flexibility index (Phi) is 6.20. The van der Waals surface area contributed by atoms with Gasteiger partial charge in [-0.1, -0.05) is 34.1 Å². The highest BCUT2D eigenvalue weighted by molar-refractivity contribution is 5.64. The normalized spacial score (nSPS) is 48.9. The molecule has 1 amide bonds. The largest absolute Gasteiger partial charge is 0.450 e. The molecule has 172 valence electrons. The minimum Gasteiger partial charge on any atom is -0.450 e. The third-order valence-corrected chi connectivity index (χ3v) is 10.9. The lowest BCUT2D eigenvalue weighted by molar-refractivity contribution is -0.152. The second-order valence-electron chi connectivity index (χ2n) is 12.0. The van der Waals surface area contributed by atoms with E-state index >= 15 is 0 Å². The van der Waals surface area contributed by atoms with Gasteiger partial charge in [-0.15, -0.1) is 0 Å². The number of hydrogen-bond acceptors (Lipinski definition) is 3. The van der Waals surface area contributed by atoms with Crippen LogP contribution in [0.5, 0.6) is 0 Å². The van der Waals surface area contributed by atoms with Gasteiger partial charge in [-0.05, 0) is 110 Å². The molecule has 0 bridgehead atoms. The van der Waals surface area contributed by atoms with E-state index in [1.165, 1.54) is 44.9 Å². The van der Waals surface area contributed by atoms with Crippen LogP contribution in [0.3, 0.4) is 0 Å². The predicted molar refractivity (Wildman–Crippen MR) is 120 cm³/mol. The number of rotatable bonds is 5. The molecule has 0 aliphatic heterocycles. The zero-order valence-corrected chi connectivity index (χ0v) is 19.7.